The molecule has 0 saturated heterocycles. The van der Waals surface area contributed by atoms with E-state index in [1.165, 1.54) is 12.3 Å². The maximum atomic E-state index is 14.4. The minimum absolute atomic E-state index is 0.132. The SMILES string of the molecule is CCc1cnc(OCCc2ccc(Oc3ccc(Cl)c(C)c3)c(F)c2)[nH]c1=O. The Morgan fingerprint density at radius 2 is 2.04 bits per heavy atom. The normalized spacial score (nSPS) is 10.7. The lowest BCUT2D eigenvalue weighted by atomic mass is 10.1. The summed E-state index contributed by atoms with van der Waals surface area (Å²) in [5.74, 6) is 0.180. The van der Waals surface area contributed by atoms with Crippen LogP contribution in [-0.2, 0) is 12.8 Å². The molecule has 0 fully saturated rings. The summed E-state index contributed by atoms with van der Waals surface area (Å²) in [6.07, 6.45) is 2.56. The van der Waals surface area contributed by atoms with Gasteiger partial charge in [-0.2, -0.15) is 0 Å². The Labute approximate surface area is 167 Å². The first kappa shape index (κ1) is 19.9. The Bertz CT molecular complexity index is 1040. The molecule has 1 N–H and O–H groups in total. The van der Waals surface area contributed by atoms with Crippen LogP contribution in [-0.4, -0.2) is 16.6 Å². The van der Waals surface area contributed by atoms with E-state index in [1.54, 1.807) is 30.3 Å². The van der Waals surface area contributed by atoms with Crippen molar-refractivity contribution in [3.05, 3.63) is 80.5 Å². The number of H-pyrrole nitrogens is 1. The minimum Gasteiger partial charge on any atom is -0.464 e. The van der Waals surface area contributed by atoms with Gasteiger partial charge in [0.2, 0.25) is 0 Å². The average Bonchev–Trinajstić information content (AvgIpc) is 2.67. The first-order chi connectivity index (χ1) is 13.5. The molecule has 0 radical (unpaired) electrons. The highest BCUT2D eigenvalue weighted by Crippen LogP contribution is 2.28. The monoisotopic (exact) mass is 402 g/mol. The molecule has 1 aromatic heterocycles. The summed E-state index contributed by atoms with van der Waals surface area (Å²) in [6, 6.07) is 10.0. The number of benzene rings is 2. The highest BCUT2D eigenvalue weighted by molar-refractivity contribution is 6.31. The molecule has 1 heterocycles. The zero-order valence-electron chi connectivity index (χ0n) is 15.6. The third-order valence-corrected chi connectivity index (χ3v) is 4.64. The van der Waals surface area contributed by atoms with Crippen molar-refractivity contribution >= 4 is 11.6 Å². The van der Waals surface area contributed by atoms with Crippen LogP contribution in [0.1, 0.15) is 23.6 Å². The summed E-state index contributed by atoms with van der Waals surface area (Å²) < 4.78 is 25.4. The molecule has 7 heteroatoms. The lowest BCUT2D eigenvalue weighted by molar-refractivity contribution is 0.294. The Balaban J connectivity index is 1.60. The maximum absolute atomic E-state index is 14.4. The first-order valence-corrected chi connectivity index (χ1v) is 9.27. The van der Waals surface area contributed by atoms with Gasteiger partial charge in [0.1, 0.15) is 5.75 Å². The van der Waals surface area contributed by atoms with Crippen molar-refractivity contribution in [2.75, 3.05) is 6.61 Å². The Morgan fingerprint density at radius 3 is 2.71 bits per heavy atom. The number of rotatable bonds is 7. The number of aromatic amines is 1. The molecular weight excluding hydrogens is 383 g/mol. The summed E-state index contributed by atoms with van der Waals surface area (Å²) in [4.78, 5) is 18.4. The molecule has 0 spiro atoms. The molecule has 28 heavy (non-hydrogen) atoms. The van der Waals surface area contributed by atoms with E-state index in [2.05, 4.69) is 9.97 Å². The van der Waals surface area contributed by atoms with Gasteiger partial charge in [-0.15, -0.1) is 0 Å². The molecule has 0 aliphatic rings. The van der Waals surface area contributed by atoms with Gasteiger partial charge in [0.05, 0.1) is 6.61 Å². The zero-order valence-corrected chi connectivity index (χ0v) is 16.3. The molecule has 0 amide bonds. The number of aromatic nitrogens is 2. The van der Waals surface area contributed by atoms with Gasteiger partial charge in [0, 0.05) is 23.2 Å². The standard InChI is InChI=1S/C21H20ClFN2O3/c1-3-15-12-24-21(25-20(15)26)27-9-8-14-4-7-19(18(23)11-14)28-16-5-6-17(22)13(2)10-16/h4-7,10-12H,3,8-9H2,1-2H3,(H,24,25,26). The van der Waals surface area contributed by atoms with Crippen LogP contribution in [0, 0.1) is 12.7 Å². The highest BCUT2D eigenvalue weighted by Gasteiger charge is 2.08. The molecule has 0 unspecified atom stereocenters. The number of halogens is 2. The first-order valence-electron chi connectivity index (χ1n) is 8.89. The summed E-state index contributed by atoms with van der Waals surface area (Å²) in [5, 5.41) is 0.628. The third kappa shape index (κ3) is 4.89. The number of nitrogens with zero attached hydrogens (tertiary/aromatic N) is 1. The van der Waals surface area contributed by atoms with Crippen molar-refractivity contribution in [3.8, 4) is 17.5 Å². The van der Waals surface area contributed by atoms with Crippen molar-refractivity contribution in [3.63, 3.8) is 0 Å². The molecule has 0 aliphatic heterocycles. The maximum Gasteiger partial charge on any atom is 0.296 e. The van der Waals surface area contributed by atoms with E-state index in [9.17, 15) is 9.18 Å². The zero-order chi connectivity index (χ0) is 20.1. The van der Waals surface area contributed by atoms with Crippen LogP contribution in [0.25, 0.3) is 0 Å². The fraction of sp³-hybridized carbons (Fsp3) is 0.238. The topological polar surface area (TPSA) is 64.2 Å². The van der Waals surface area contributed by atoms with E-state index in [0.29, 0.717) is 29.2 Å². The Morgan fingerprint density at radius 1 is 1.21 bits per heavy atom. The molecule has 0 atom stereocenters. The van der Waals surface area contributed by atoms with Gasteiger partial charge in [-0.3, -0.25) is 9.78 Å². The van der Waals surface area contributed by atoms with Gasteiger partial charge in [-0.1, -0.05) is 24.6 Å². The van der Waals surface area contributed by atoms with E-state index in [0.717, 1.165) is 11.1 Å². The second-order valence-electron chi connectivity index (χ2n) is 6.27. The third-order valence-electron chi connectivity index (χ3n) is 4.21. The predicted octanol–water partition coefficient (Wildman–Crippen LogP) is 4.85. The van der Waals surface area contributed by atoms with Crippen molar-refractivity contribution in [2.24, 2.45) is 0 Å². The van der Waals surface area contributed by atoms with E-state index < -0.39 is 5.82 Å². The van der Waals surface area contributed by atoms with E-state index in [4.69, 9.17) is 21.1 Å². The van der Waals surface area contributed by atoms with Crippen LogP contribution in [0.5, 0.6) is 17.5 Å². The number of nitrogens with one attached hydrogen (secondary N) is 1. The van der Waals surface area contributed by atoms with E-state index in [-0.39, 0.29) is 23.9 Å². The van der Waals surface area contributed by atoms with E-state index >= 15 is 0 Å². The van der Waals surface area contributed by atoms with Crippen molar-refractivity contribution < 1.29 is 13.9 Å². The number of aryl methyl sites for hydroxylation is 2. The van der Waals surface area contributed by atoms with Crippen LogP contribution in [0.2, 0.25) is 5.02 Å². The van der Waals surface area contributed by atoms with Crippen molar-refractivity contribution in [1.29, 1.82) is 0 Å². The fourth-order valence-electron chi connectivity index (χ4n) is 2.59. The molecule has 3 rings (SSSR count). The van der Waals surface area contributed by atoms with Crippen LogP contribution < -0.4 is 15.0 Å². The predicted molar refractivity (Wildman–Crippen MR) is 106 cm³/mol. The van der Waals surface area contributed by atoms with Gasteiger partial charge >= 0.3 is 0 Å². The lowest BCUT2D eigenvalue weighted by Gasteiger charge is -2.10. The number of ether oxygens (including phenoxy) is 2. The molecule has 0 bridgehead atoms. The van der Waals surface area contributed by atoms with Crippen LogP contribution in [0.4, 0.5) is 4.39 Å². The second-order valence-corrected chi connectivity index (χ2v) is 6.68. The highest BCUT2D eigenvalue weighted by atomic mass is 35.5. The summed E-state index contributed by atoms with van der Waals surface area (Å²) >= 11 is 5.99. The quantitative estimate of drug-likeness (QED) is 0.613. The summed E-state index contributed by atoms with van der Waals surface area (Å²) in [7, 11) is 0. The smallest absolute Gasteiger partial charge is 0.296 e. The Kier molecular flexibility index (Phi) is 6.31. The Hall–Kier alpha value is -2.86. The van der Waals surface area contributed by atoms with Crippen LogP contribution >= 0.6 is 11.6 Å². The minimum atomic E-state index is -0.469. The van der Waals surface area contributed by atoms with Crippen LogP contribution in [0.15, 0.2) is 47.4 Å². The van der Waals surface area contributed by atoms with Gasteiger partial charge in [-0.25, -0.2) is 9.37 Å². The van der Waals surface area contributed by atoms with Gasteiger partial charge in [0.25, 0.3) is 11.6 Å². The van der Waals surface area contributed by atoms with Crippen molar-refractivity contribution in [2.45, 2.75) is 26.7 Å². The molecule has 3 aromatic rings. The summed E-state index contributed by atoms with van der Waals surface area (Å²) in [6.45, 7) is 3.99. The second kappa shape index (κ2) is 8.89. The molecule has 2 aromatic carbocycles. The summed E-state index contributed by atoms with van der Waals surface area (Å²) in [5.41, 5.74) is 1.98. The van der Waals surface area contributed by atoms with E-state index in [1.807, 2.05) is 13.8 Å². The van der Waals surface area contributed by atoms with Gasteiger partial charge in [0.15, 0.2) is 11.6 Å². The van der Waals surface area contributed by atoms with Crippen LogP contribution in [0.3, 0.4) is 0 Å². The largest absolute Gasteiger partial charge is 0.464 e. The van der Waals surface area contributed by atoms with Crippen molar-refractivity contribution in [1.82, 2.24) is 9.97 Å². The average molecular weight is 403 g/mol. The molecule has 0 saturated carbocycles. The number of hydrogen-bond acceptors (Lipinski definition) is 4. The number of hydrogen-bond donors (Lipinski definition) is 1. The molecular formula is C21H20ClFN2O3. The molecule has 146 valence electrons. The molecule has 5 nitrogen and oxygen atoms in total. The molecule has 0 aliphatic carbocycles. The lowest BCUT2D eigenvalue weighted by Crippen LogP contribution is -2.15. The fourth-order valence-corrected chi connectivity index (χ4v) is 2.70. The van der Waals surface area contributed by atoms with Gasteiger partial charge in [-0.05, 0) is 54.8 Å². The van der Waals surface area contributed by atoms with Gasteiger partial charge < -0.3 is 9.47 Å².